The molecule has 0 spiro atoms. The number of pyridine rings is 1. The zero-order valence-electron chi connectivity index (χ0n) is 7.66. The standard InChI is InChI=1S/C9H6BrFN2O2/c1-4-6(10)2-13-7(8(4)15)5(3-14)9(11)12-13/h2-3,15H,1H3. The van der Waals surface area contributed by atoms with Crippen LogP contribution < -0.4 is 0 Å². The van der Waals surface area contributed by atoms with Gasteiger partial charge in [0.1, 0.15) is 16.8 Å². The largest absolute Gasteiger partial charge is 0.505 e. The number of fused-ring (bicyclic) bond motifs is 1. The Labute approximate surface area is 92.5 Å². The monoisotopic (exact) mass is 272 g/mol. The van der Waals surface area contributed by atoms with E-state index in [2.05, 4.69) is 21.0 Å². The average molecular weight is 273 g/mol. The van der Waals surface area contributed by atoms with E-state index in [1.807, 2.05) is 0 Å². The molecule has 0 aromatic carbocycles. The molecule has 0 unspecified atom stereocenters. The van der Waals surface area contributed by atoms with Gasteiger partial charge in [0.25, 0.3) is 0 Å². The lowest BCUT2D eigenvalue weighted by Crippen LogP contribution is -1.91. The predicted molar refractivity (Wildman–Crippen MR) is 54.6 cm³/mol. The molecule has 78 valence electrons. The topological polar surface area (TPSA) is 54.6 Å². The SMILES string of the molecule is Cc1c(Br)cn2nc(F)c(C=O)c2c1O. The van der Waals surface area contributed by atoms with Crippen LogP contribution >= 0.6 is 15.9 Å². The van der Waals surface area contributed by atoms with Crippen LogP contribution in [0.5, 0.6) is 5.75 Å². The minimum atomic E-state index is -0.891. The van der Waals surface area contributed by atoms with Crippen molar-refractivity contribution in [3.63, 3.8) is 0 Å². The van der Waals surface area contributed by atoms with Crippen LogP contribution in [0.3, 0.4) is 0 Å². The molecule has 0 fully saturated rings. The second kappa shape index (κ2) is 3.30. The zero-order valence-corrected chi connectivity index (χ0v) is 9.25. The summed E-state index contributed by atoms with van der Waals surface area (Å²) in [4.78, 5) is 10.6. The number of nitrogens with zero attached hydrogens (tertiary/aromatic N) is 2. The van der Waals surface area contributed by atoms with Crippen LogP contribution in [0.4, 0.5) is 4.39 Å². The third-order valence-electron chi connectivity index (χ3n) is 2.19. The highest BCUT2D eigenvalue weighted by Gasteiger charge is 2.18. The fraction of sp³-hybridized carbons (Fsp3) is 0.111. The van der Waals surface area contributed by atoms with Gasteiger partial charge in [0.2, 0.25) is 5.95 Å². The molecular formula is C9H6BrFN2O2. The Balaban J connectivity index is 3.00. The van der Waals surface area contributed by atoms with Crippen LogP contribution in [0, 0.1) is 12.9 Å². The zero-order chi connectivity index (χ0) is 11.2. The molecule has 0 atom stereocenters. The van der Waals surface area contributed by atoms with Gasteiger partial charge in [-0.15, -0.1) is 5.10 Å². The highest BCUT2D eigenvalue weighted by molar-refractivity contribution is 9.10. The summed E-state index contributed by atoms with van der Waals surface area (Å²) in [6, 6.07) is 0. The van der Waals surface area contributed by atoms with Crippen molar-refractivity contribution in [3.05, 3.63) is 27.7 Å². The Hall–Kier alpha value is -1.43. The Kier molecular flexibility index (Phi) is 2.22. The predicted octanol–water partition coefficient (Wildman–Crippen LogP) is 2.06. The van der Waals surface area contributed by atoms with Crippen molar-refractivity contribution < 1.29 is 14.3 Å². The van der Waals surface area contributed by atoms with E-state index in [0.717, 1.165) is 4.52 Å². The molecular weight excluding hydrogens is 267 g/mol. The Bertz CT molecular complexity index is 565. The van der Waals surface area contributed by atoms with Gasteiger partial charge in [-0.25, -0.2) is 4.52 Å². The number of carbonyl (C=O) groups is 1. The number of hydrogen-bond acceptors (Lipinski definition) is 3. The van der Waals surface area contributed by atoms with Gasteiger partial charge in [-0.3, -0.25) is 4.79 Å². The second-order valence-electron chi connectivity index (χ2n) is 3.07. The summed E-state index contributed by atoms with van der Waals surface area (Å²) in [6.07, 6.45) is 1.82. The highest BCUT2D eigenvalue weighted by Crippen LogP contribution is 2.31. The van der Waals surface area contributed by atoms with Crippen LogP contribution in [0.1, 0.15) is 15.9 Å². The molecule has 0 amide bonds. The molecule has 0 aliphatic heterocycles. The Morgan fingerprint density at radius 3 is 2.93 bits per heavy atom. The normalized spacial score (nSPS) is 10.9. The smallest absolute Gasteiger partial charge is 0.244 e. The average Bonchev–Trinajstić information content (AvgIpc) is 2.50. The first-order valence-corrected chi connectivity index (χ1v) is 4.86. The molecule has 6 heteroatoms. The molecule has 0 aliphatic carbocycles. The summed E-state index contributed by atoms with van der Waals surface area (Å²) in [6.45, 7) is 1.65. The summed E-state index contributed by atoms with van der Waals surface area (Å²) in [5.74, 6) is -1.04. The molecule has 15 heavy (non-hydrogen) atoms. The maximum absolute atomic E-state index is 13.2. The third kappa shape index (κ3) is 1.32. The van der Waals surface area contributed by atoms with Crippen molar-refractivity contribution in [3.8, 4) is 5.75 Å². The van der Waals surface area contributed by atoms with Gasteiger partial charge >= 0.3 is 0 Å². The summed E-state index contributed by atoms with van der Waals surface area (Å²) in [5, 5.41) is 13.2. The van der Waals surface area contributed by atoms with Crippen molar-refractivity contribution in [1.82, 2.24) is 9.61 Å². The number of hydrogen-bond donors (Lipinski definition) is 1. The van der Waals surface area contributed by atoms with E-state index in [1.165, 1.54) is 6.20 Å². The fourth-order valence-corrected chi connectivity index (χ4v) is 1.73. The number of rotatable bonds is 1. The Morgan fingerprint density at radius 1 is 1.67 bits per heavy atom. The molecule has 2 heterocycles. The number of halogens is 2. The lowest BCUT2D eigenvalue weighted by atomic mass is 10.2. The van der Waals surface area contributed by atoms with Crippen LogP contribution in [0.15, 0.2) is 10.7 Å². The van der Waals surface area contributed by atoms with Crippen LogP contribution in [-0.2, 0) is 0 Å². The van der Waals surface area contributed by atoms with Gasteiger partial charge < -0.3 is 5.11 Å². The van der Waals surface area contributed by atoms with Crippen molar-refractivity contribution >= 4 is 27.7 Å². The molecule has 0 saturated carbocycles. The highest BCUT2D eigenvalue weighted by atomic mass is 79.9. The quantitative estimate of drug-likeness (QED) is 0.809. The molecule has 4 nitrogen and oxygen atoms in total. The fourth-order valence-electron chi connectivity index (χ4n) is 1.35. The van der Waals surface area contributed by atoms with Crippen molar-refractivity contribution in [2.24, 2.45) is 0 Å². The molecule has 2 rings (SSSR count). The van der Waals surface area contributed by atoms with E-state index in [1.54, 1.807) is 6.92 Å². The number of aldehydes is 1. The van der Waals surface area contributed by atoms with E-state index in [4.69, 9.17) is 0 Å². The van der Waals surface area contributed by atoms with Gasteiger partial charge in [0.05, 0.1) is 0 Å². The maximum atomic E-state index is 13.2. The third-order valence-corrected chi connectivity index (χ3v) is 2.99. The lowest BCUT2D eigenvalue weighted by Gasteiger charge is -2.03. The molecule has 2 aromatic rings. The Morgan fingerprint density at radius 2 is 2.33 bits per heavy atom. The van der Waals surface area contributed by atoms with Gasteiger partial charge in [-0.2, -0.15) is 4.39 Å². The number of carbonyl (C=O) groups excluding carboxylic acids is 1. The van der Waals surface area contributed by atoms with E-state index < -0.39 is 5.95 Å². The van der Waals surface area contributed by atoms with Gasteiger partial charge in [0.15, 0.2) is 6.29 Å². The van der Waals surface area contributed by atoms with Gasteiger partial charge in [0, 0.05) is 16.2 Å². The summed E-state index contributed by atoms with van der Waals surface area (Å²) in [7, 11) is 0. The van der Waals surface area contributed by atoms with E-state index in [-0.39, 0.29) is 16.8 Å². The summed E-state index contributed by atoms with van der Waals surface area (Å²) < 4.78 is 14.9. The van der Waals surface area contributed by atoms with Gasteiger partial charge in [-0.05, 0) is 22.9 Å². The number of aromatic hydroxyl groups is 1. The first-order chi connectivity index (χ1) is 7.06. The molecule has 1 N–H and O–H groups in total. The lowest BCUT2D eigenvalue weighted by molar-refractivity contribution is 0.112. The van der Waals surface area contributed by atoms with Crippen molar-refractivity contribution in [2.45, 2.75) is 6.92 Å². The molecule has 0 radical (unpaired) electrons. The minimum Gasteiger partial charge on any atom is -0.505 e. The molecule has 2 aromatic heterocycles. The van der Waals surface area contributed by atoms with Crippen LogP contribution in [0.25, 0.3) is 5.52 Å². The molecule has 0 aliphatic rings. The second-order valence-corrected chi connectivity index (χ2v) is 3.92. The van der Waals surface area contributed by atoms with Crippen LogP contribution in [-0.4, -0.2) is 21.0 Å². The minimum absolute atomic E-state index is 0.0863. The van der Waals surface area contributed by atoms with Crippen molar-refractivity contribution in [1.29, 1.82) is 0 Å². The van der Waals surface area contributed by atoms with E-state index in [9.17, 15) is 14.3 Å². The van der Waals surface area contributed by atoms with Crippen molar-refractivity contribution in [2.75, 3.05) is 0 Å². The number of aromatic nitrogens is 2. The molecule has 0 saturated heterocycles. The van der Waals surface area contributed by atoms with Gasteiger partial charge in [-0.1, -0.05) is 0 Å². The van der Waals surface area contributed by atoms with Crippen LogP contribution in [0.2, 0.25) is 0 Å². The summed E-state index contributed by atoms with van der Waals surface area (Å²) in [5.41, 5.74) is 0.386. The molecule has 0 bridgehead atoms. The first-order valence-electron chi connectivity index (χ1n) is 4.07. The maximum Gasteiger partial charge on any atom is 0.244 e. The van der Waals surface area contributed by atoms with E-state index in [0.29, 0.717) is 16.3 Å². The first kappa shape index (κ1) is 10.1. The summed E-state index contributed by atoms with van der Waals surface area (Å²) >= 11 is 3.19. The van der Waals surface area contributed by atoms with E-state index >= 15 is 0 Å².